The second-order valence-electron chi connectivity index (χ2n) is 4.37. The Kier molecular flexibility index (Phi) is 3.55. The zero-order chi connectivity index (χ0) is 13.8. The molecule has 96 valence electrons. The summed E-state index contributed by atoms with van der Waals surface area (Å²) in [5.74, 6) is -0.0343. The normalized spacial score (nSPS) is 17.9. The highest BCUT2D eigenvalue weighted by Gasteiger charge is 2.31. The predicted octanol–water partition coefficient (Wildman–Crippen LogP) is 1.80. The van der Waals surface area contributed by atoms with Crippen LogP contribution < -0.4 is 10.6 Å². The smallest absolute Gasteiger partial charge is 0.227 e. The Labute approximate surface area is 109 Å². The van der Waals surface area contributed by atoms with Crippen LogP contribution in [0.2, 0.25) is 0 Å². The molecule has 2 N–H and O–H groups in total. The fourth-order valence-electron chi connectivity index (χ4n) is 2.16. The Balaban J connectivity index is 2.21. The van der Waals surface area contributed by atoms with Crippen LogP contribution in [0.4, 0.5) is 11.4 Å². The minimum atomic E-state index is -0.0467. The molecule has 1 atom stereocenters. The SMILES string of the molecule is N#Cc1ccc(N2CC(CN=[N+]=[N-])CC2=O)c(N)c1. The van der Waals surface area contributed by atoms with Crippen LogP contribution in [-0.4, -0.2) is 19.0 Å². The Morgan fingerprint density at radius 2 is 2.42 bits per heavy atom. The lowest BCUT2D eigenvalue weighted by Crippen LogP contribution is -2.25. The number of anilines is 2. The minimum absolute atomic E-state index is 0.0124. The van der Waals surface area contributed by atoms with E-state index < -0.39 is 0 Å². The summed E-state index contributed by atoms with van der Waals surface area (Å²) < 4.78 is 0. The van der Waals surface area contributed by atoms with Crippen molar-refractivity contribution in [1.82, 2.24) is 0 Å². The van der Waals surface area contributed by atoms with Gasteiger partial charge in [0.05, 0.1) is 23.0 Å². The van der Waals surface area contributed by atoms with Gasteiger partial charge in [-0.05, 0) is 29.6 Å². The van der Waals surface area contributed by atoms with Crippen LogP contribution in [0.3, 0.4) is 0 Å². The van der Waals surface area contributed by atoms with Gasteiger partial charge in [0, 0.05) is 24.4 Å². The lowest BCUT2D eigenvalue weighted by Gasteiger charge is -2.18. The van der Waals surface area contributed by atoms with E-state index in [9.17, 15) is 4.79 Å². The van der Waals surface area contributed by atoms with Crippen LogP contribution in [0.25, 0.3) is 10.4 Å². The van der Waals surface area contributed by atoms with Crippen LogP contribution in [0.1, 0.15) is 12.0 Å². The largest absolute Gasteiger partial charge is 0.397 e. The number of carbonyl (C=O) groups is 1. The van der Waals surface area contributed by atoms with Crippen molar-refractivity contribution < 1.29 is 4.79 Å². The fraction of sp³-hybridized carbons (Fsp3) is 0.333. The molecule has 0 radical (unpaired) electrons. The lowest BCUT2D eigenvalue weighted by molar-refractivity contribution is -0.117. The molecule has 19 heavy (non-hydrogen) atoms. The van der Waals surface area contributed by atoms with Crippen molar-refractivity contribution in [2.24, 2.45) is 11.0 Å². The maximum atomic E-state index is 11.9. The van der Waals surface area contributed by atoms with Crippen LogP contribution in [-0.2, 0) is 4.79 Å². The van der Waals surface area contributed by atoms with Gasteiger partial charge in [0.15, 0.2) is 0 Å². The van der Waals surface area contributed by atoms with Crippen molar-refractivity contribution >= 4 is 17.3 Å². The number of hydrogen-bond acceptors (Lipinski definition) is 4. The number of nitriles is 1. The molecule has 7 heteroatoms. The number of nitrogens with two attached hydrogens (primary N) is 1. The topological polar surface area (TPSA) is 119 Å². The molecule has 0 aliphatic carbocycles. The molecule has 1 aromatic rings. The van der Waals surface area contributed by atoms with E-state index in [-0.39, 0.29) is 11.8 Å². The molecule has 1 amide bonds. The van der Waals surface area contributed by atoms with Crippen LogP contribution in [0.5, 0.6) is 0 Å². The highest BCUT2D eigenvalue weighted by Crippen LogP contribution is 2.30. The van der Waals surface area contributed by atoms with Gasteiger partial charge < -0.3 is 10.6 Å². The van der Waals surface area contributed by atoms with Gasteiger partial charge in [-0.3, -0.25) is 4.79 Å². The summed E-state index contributed by atoms with van der Waals surface area (Å²) in [7, 11) is 0. The van der Waals surface area contributed by atoms with Gasteiger partial charge >= 0.3 is 0 Å². The van der Waals surface area contributed by atoms with E-state index in [0.717, 1.165) is 0 Å². The van der Waals surface area contributed by atoms with Gasteiger partial charge in [-0.2, -0.15) is 5.26 Å². The Morgan fingerprint density at radius 1 is 1.63 bits per heavy atom. The summed E-state index contributed by atoms with van der Waals surface area (Å²) in [4.78, 5) is 16.2. The van der Waals surface area contributed by atoms with Crippen LogP contribution in [0.15, 0.2) is 23.3 Å². The summed E-state index contributed by atoms with van der Waals surface area (Å²) in [5, 5.41) is 12.3. The van der Waals surface area contributed by atoms with E-state index in [4.69, 9.17) is 16.5 Å². The van der Waals surface area contributed by atoms with E-state index in [0.29, 0.717) is 36.4 Å². The first kappa shape index (κ1) is 12.7. The van der Waals surface area contributed by atoms with Crippen molar-refractivity contribution in [2.45, 2.75) is 6.42 Å². The van der Waals surface area contributed by atoms with E-state index in [1.807, 2.05) is 6.07 Å². The Hall–Kier alpha value is -2.71. The molecular formula is C12H12N6O. The number of nitrogens with zero attached hydrogens (tertiary/aromatic N) is 5. The van der Waals surface area contributed by atoms with E-state index >= 15 is 0 Å². The maximum absolute atomic E-state index is 11.9. The zero-order valence-electron chi connectivity index (χ0n) is 10.2. The van der Waals surface area contributed by atoms with Gasteiger partial charge in [-0.25, -0.2) is 0 Å². The number of hydrogen-bond donors (Lipinski definition) is 1. The second-order valence-corrected chi connectivity index (χ2v) is 4.37. The van der Waals surface area contributed by atoms with E-state index in [1.165, 1.54) is 0 Å². The lowest BCUT2D eigenvalue weighted by atomic mass is 10.1. The third-order valence-electron chi connectivity index (χ3n) is 3.06. The predicted molar refractivity (Wildman–Crippen MR) is 70.0 cm³/mol. The summed E-state index contributed by atoms with van der Waals surface area (Å²) in [5.41, 5.74) is 15.6. The number of amides is 1. The van der Waals surface area contributed by atoms with Gasteiger partial charge in [-0.15, -0.1) is 0 Å². The quantitative estimate of drug-likeness (QED) is 0.384. The molecule has 1 aliphatic heterocycles. The molecule has 1 unspecified atom stereocenters. The molecule has 0 aromatic heterocycles. The third kappa shape index (κ3) is 2.59. The molecule has 1 aromatic carbocycles. The standard InChI is InChI=1S/C12H12N6O/c13-5-8-1-2-11(10(14)3-8)18-7-9(4-12(18)19)6-16-17-15/h1-3,9H,4,6-7,14H2. The molecule has 1 saturated heterocycles. The fourth-order valence-corrected chi connectivity index (χ4v) is 2.16. The first-order valence-corrected chi connectivity index (χ1v) is 5.76. The molecule has 1 heterocycles. The summed E-state index contributed by atoms with van der Waals surface area (Å²) in [6.07, 6.45) is 0.346. The Bertz CT molecular complexity index is 599. The molecule has 2 rings (SSSR count). The average molecular weight is 256 g/mol. The van der Waals surface area contributed by atoms with Gasteiger partial charge in [0.2, 0.25) is 5.91 Å². The van der Waals surface area contributed by atoms with Gasteiger partial charge in [0.1, 0.15) is 0 Å². The second kappa shape index (κ2) is 5.29. The average Bonchev–Trinajstić information content (AvgIpc) is 2.77. The highest BCUT2D eigenvalue weighted by molar-refractivity contribution is 5.98. The Morgan fingerprint density at radius 3 is 3.05 bits per heavy atom. The number of benzene rings is 1. The van der Waals surface area contributed by atoms with Crippen molar-refractivity contribution in [1.29, 1.82) is 5.26 Å². The maximum Gasteiger partial charge on any atom is 0.227 e. The van der Waals surface area contributed by atoms with Gasteiger partial charge in [-0.1, -0.05) is 5.11 Å². The molecule has 7 nitrogen and oxygen atoms in total. The van der Waals surface area contributed by atoms with Crippen molar-refractivity contribution in [2.75, 3.05) is 23.7 Å². The van der Waals surface area contributed by atoms with E-state index in [2.05, 4.69) is 10.0 Å². The van der Waals surface area contributed by atoms with Crippen molar-refractivity contribution in [3.05, 3.63) is 34.2 Å². The van der Waals surface area contributed by atoms with Crippen molar-refractivity contribution in [3.63, 3.8) is 0 Å². The first-order chi connectivity index (χ1) is 9.15. The summed E-state index contributed by atoms with van der Waals surface area (Å²) in [6, 6.07) is 6.83. The molecule has 1 fully saturated rings. The van der Waals surface area contributed by atoms with Crippen molar-refractivity contribution in [3.8, 4) is 6.07 Å². The van der Waals surface area contributed by atoms with Crippen LogP contribution >= 0.6 is 0 Å². The minimum Gasteiger partial charge on any atom is -0.397 e. The summed E-state index contributed by atoms with van der Waals surface area (Å²) >= 11 is 0. The molecule has 0 bridgehead atoms. The zero-order valence-corrected chi connectivity index (χ0v) is 10.2. The number of nitrogen functional groups attached to an aromatic ring is 1. The highest BCUT2D eigenvalue weighted by atomic mass is 16.2. The monoisotopic (exact) mass is 256 g/mol. The molecule has 0 saturated carbocycles. The van der Waals surface area contributed by atoms with Gasteiger partial charge in [0.25, 0.3) is 0 Å². The number of carbonyl (C=O) groups excluding carboxylic acids is 1. The first-order valence-electron chi connectivity index (χ1n) is 5.76. The van der Waals surface area contributed by atoms with E-state index in [1.54, 1.807) is 23.1 Å². The van der Waals surface area contributed by atoms with Crippen LogP contribution in [0, 0.1) is 17.2 Å². The molecular weight excluding hydrogens is 244 g/mol. The number of azide groups is 1. The summed E-state index contributed by atoms with van der Waals surface area (Å²) in [6.45, 7) is 0.781. The molecule has 0 spiro atoms. The third-order valence-corrected chi connectivity index (χ3v) is 3.06. The molecule has 1 aliphatic rings. The number of rotatable bonds is 3.